The highest BCUT2D eigenvalue weighted by Crippen LogP contribution is 2.27. The summed E-state index contributed by atoms with van der Waals surface area (Å²) in [7, 11) is -0.890. The van der Waals surface area contributed by atoms with Gasteiger partial charge in [0.2, 0.25) is 6.41 Å². The Labute approximate surface area is 133 Å². The molecule has 2 aromatic rings. The van der Waals surface area contributed by atoms with Gasteiger partial charge in [-0.2, -0.15) is 5.26 Å². The van der Waals surface area contributed by atoms with Crippen molar-refractivity contribution >= 4 is 19.0 Å². The highest BCUT2D eigenvalue weighted by molar-refractivity contribution is 6.61. The van der Waals surface area contributed by atoms with Crippen molar-refractivity contribution in [3.63, 3.8) is 0 Å². The first-order valence-corrected chi connectivity index (χ1v) is 7.01. The number of hydrogen-bond acceptors (Lipinski definition) is 5. The maximum Gasteiger partial charge on any atom is 0.491 e. The number of carbonyl (C=O) groups excluding carboxylic acids is 1. The molecule has 0 bridgehead atoms. The van der Waals surface area contributed by atoms with Crippen molar-refractivity contribution in [3.05, 3.63) is 53.1 Å². The van der Waals surface area contributed by atoms with Gasteiger partial charge in [0.15, 0.2) is 0 Å². The molecule has 1 heterocycles. The molecular weight excluding hydrogens is 295 g/mol. The SMILES string of the molecule is N#Cc1cc(CNC=O)ccc1Oc1ccc2c(c1)COB2O. The molecule has 7 heteroatoms. The number of hydrogen-bond donors (Lipinski definition) is 2. The van der Waals surface area contributed by atoms with E-state index >= 15 is 0 Å². The minimum atomic E-state index is -0.890. The van der Waals surface area contributed by atoms with Gasteiger partial charge in [-0.1, -0.05) is 12.1 Å². The number of amides is 1. The van der Waals surface area contributed by atoms with Crippen LogP contribution < -0.4 is 15.5 Å². The van der Waals surface area contributed by atoms with Crippen molar-refractivity contribution in [2.45, 2.75) is 13.2 Å². The van der Waals surface area contributed by atoms with Gasteiger partial charge < -0.3 is 19.7 Å². The van der Waals surface area contributed by atoms with Crippen molar-refractivity contribution in [1.82, 2.24) is 5.32 Å². The van der Waals surface area contributed by atoms with Gasteiger partial charge in [-0.05, 0) is 40.9 Å². The second kappa shape index (κ2) is 6.52. The monoisotopic (exact) mass is 308 g/mol. The van der Waals surface area contributed by atoms with Gasteiger partial charge in [0.1, 0.15) is 17.6 Å². The Morgan fingerprint density at radius 3 is 3.04 bits per heavy atom. The number of benzene rings is 2. The Balaban J connectivity index is 1.83. The van der Waals surface area contributed by atoms with Crippen LogP contribution in [0.25, 0.3) is 0 Å². The highest BCUT2D eigenvalue weighted by Gasteiger charge is 2.27. The van der Waals surface area contributed by atoms with Gasteiger partial charge in [-0.25, -0.2) is 0 Å². The van der Waals surface area contributed by atoms with E-state index in [2.05, 4.69) is 11.4 Å². The number of ether oxygens (including phenoxy) is 1. The second-order valence-corrected chi connectivity index (χ2v) is 5.07. The summed E-state index contributed by atoms with van der Waals surface area (Å²) in [6, 6.07) is 12.5. The summed E-state index contributed by atoms with van der Waals surface area (Å²) in [6.07, 6.45) is 0.609. The van der Waals surface area contributed by atoms with Crippen LogP contribution in [0.3, 0.4) is 0 Å². The van der Waals surface area contributed by atoms with Crippen molar-refractivity contribution in [3.8, 4) is 17.6 Å². The zero-order valence-corrected chi connectivity index (χ0v) is 12.2. The van der Waals surface area contributed by atoms with Crippen LogP contribution in [-0.2, 0) is 22.6 Å². The molecule has 114 valence electrons. The molecule has 2 aromatic carbocycles. The fourth-order valence-electron chi connectivity index (χ4n) is 2.42. The van der Waals surface area contributed by atoms with Crippen molar-refractivity contribution in [2.24, 2.45) is 0 Å². The van der Waals surface area contributed by atoms with Gasteiger partial charge in [0.25, 0.3) is 0 Å². The van der Waals surface area contributed by atoms with E-state index < -0.39 is 7.12 Å². The molecule has 3 rings (SSSR count). The van der Waals surface area contributed by atoms with E-state index in [4.69, 9.17) is 9.39 Å². The number of fused-ring (bicyclic) bond motifs is 1. The van der Waals surface area contributed by atoms with Crippen LogP contribution in [0.1, 0.15) is 16.7 Å². The molecule has 0 fully saturated rings. The van der Waals surface area contributed by atoms with E-state index in [0.29, 0.717) is 36.6 Å². The van der Waals surface area contributed by atoms with Crippen LogP contribution in [0, 0.1) is 11.3 Å². The van der Waals surface area contributed by atoms with Gasteiger partial charge in [-0.15, -0.1) is 0 Å². The van der Waals surface area contributed by atoms with Gasteiger partial charge >= 0.3 is 7.12 Å². The van der Waals surface area contributed by atoms with E-state index in [0.717, 1.165) is 16.6 Å². The van der Waals surface area contributed by atoms with Gasteiger partial charge in [-0.3, -0.25) is 4.79 Å². The summed E-state index contributed by atoms with van der Waals surface area (Å²) >= 11 is 0. The maximum absolute atomic E-state index is 10.3. The number of nitriles is 1. The predicted octanol–water partition coefficient (Wildman–Crippen LogP) is 0.814. The molecule has 0 atom stereocenters. The lowest BCUT2D eigenvalue weighted by Gasteiger charge is -2.10. The molecule has 1 amide bonds. The number of carbonyl (C=O) groups is 1. The van der Waals surface area contributed by atoms with Crippen molar-refractivity contribution in [2.75, 3.05) is 0 Å². The van der Waals surface area contributed by atoms with Crippen molar-refractivity contribution < 1.29 is 19.2 Å². The Morgan fingerprint density at radius 2 is 2.26 bits per heavy atom. The largest absolute Gasteiger partial charge is 0.491 e. The average Bonchev–Trinajstić information content (AvgIpc) is 2.94. The fraction of sp³-hybridized carbons (Fsp3) is 0.125. The van der Waals surface area contributed by atoms with Gasteiger partial charge in [0.05, 0.1) is 12.2 Å². The van der Waals surface area contributed by atoms with Crippen LogP contribution in [0.15, 0.2) is 36.4 Å². The van der Waals surface area contributed by atoms with E-state index in [9.17, 15) is 15.1 Å². The zero-order valence-electron chi connectivity index (χ0n) is 12.2. The summed E-state index contributed by atoms with van der Waals surface area (Å²) in [5.41, 5.74) is 2.78. The summed E-state index contributed by atoms with van der Waals surface area (Å²) in [5.74, 6) is 0.999. The lowest BCUT2D eigenvalue weighted by Crippen LogP contribution is -2.27. The van der Waals surface area contributed by atoms with E-state index in [1.54, 1.807) is 36.4 Å². The smallest absolute Gasteiger partial charge is 0.456 e. The Hall–Kier alpha value is -2.82. The van der Waals surface area contributed by atoms with Crippen LogP contribution in [0.5, 0.6) is 11.5 Å². The number of nitrogens with one attached hydrogen (secondary N) is 1. The first kappa shape index (κ1) is 15.1. The summed E-state index contributed by atoms with van der Waals surface area (Å²) in [6.45, 7) is 0.682. The molecule has 1 aliphatic rings. The topological polar surface area (TPSA) is 91.6 Å². The molecule has 0 aliphatic carbocycles. The average molecular weight is 308 g/mol. The first-order chi connectivity index (χ1) is 11.2. The van der Waals surface area contributed by atoms with Gasteiger partial charge in [0, 0.05) is 6.54 Å². The summed E-state index contributed by atoms with van der Waals surface area (Å²) in [4.78, 5) is 10.3. The molecule has 0 radical (unpaired) electrons. The predicted molar refractivity (Wildman–Crippen MR) is 83.0 cm³/mol. The minimum absolute atomic E-state index is 0.328. The lowest BCUT2D eigenvalue weighted by molar-refractivity contribution is -0.109. The third-order valence-corrected chi connectivity index (χ3v) is 3.56. The Kier molecular flexibility index (Phi) is 4.28. The van der Waals surface area contributed by atoms with Crippen molar-refractivity contribution in [1.29, 1.82) is 5.26 Å². The lowest BCUT2D eigenvalue weighted by atomic mass is 9.80. The van der Waals surface area contributed by atoms with Crippen LogP contribution in [-0.4, -0.2) is 18.6 Å². The zero-order chi connectivity index (χ0) is 16.2. The normalized spacial score (nSPS) is 12.4. The van der Waals surface area contributed by atoms with E-state index in [1.165, 1.54) is 0 Å². The standard InChI is InChI=1S/C16H13BN2O4/c18-7-12-5-11(8-19-10-20)1-4-16(12)23-14-2-3-15-13(6-14)9-22-17(15)21/h1-6,10,21H,8-9H2,(H,19,20). The van der Waals surface area contributed by atoms with Crippen LogP contribution >= 0.6 is 0 Å². The van der Waals surface area contributed by atoms with E-state index in [1.807, 2.05) is 0 Å². The molecular formula is C16H13BN2O4. The second-order valence-electron chi connectivity index (χ2n) is 5.07. The third-order valence-electron chi connectivity index (χ3n) is 3.56. The van der Waals surface area contributed by atoms with Crippen LogP contribution in [0.2, 0.25) is 0 Å². The van der Waals surface area contributed by atoms with Crippen LogP contribution in [0.4, 0.5) is 0 Å². The minimum Gasteiger partial charge on any atom is -0.456 e. The molecule has 0 saturated carbocycles. The Morgan fingerprint density at radius 1 is 1.39 bits per heavy atom. The van der Waals surface area contributed by atoms with E-state index in [-0.39, 0.29) is 0 Å². The Bertz CT molecular complexity index is 788. The highest BCUT2D eigenvalue weighted by atomic mass is 16.5. The molecule has 23 heavy (non-hydrogen) atoms. The molecule has 2 N–H and O–H groups in total. The fourth-order valence-corrected chi connectivity index (χ4v) is 2.42. The molecule has 0 spiro atoms. The third kappa shape index (κ3) is 3.18. The molecule has 6 nitrogen and oxygen atoms in total. The molecule has 0 unspecified atom stereocenters. The quantitative estimate of drug-likeness (QED) is 0.630. The molecule has 1 aliphatic heterocycles. The number of rotatable bonds is 5. The summed E-state index contributed by atoms with van der Waals surface area (Å²) < 4.78 is 10.9. The molecule has 0 aromatic heterocycles. The number of nitrogens with zero attached hydrogens (tertiary/aromatic N) is 1. The summed E-state index contributed by atoms with van der Waals surface area (Å²) in [5, 5.41) is 21.4. The maximum atomic E-state index is 10.3. The first-order valence-electron chi connectivity index (χ1n) is 7.01. The molecule has 0 saturated heterocycles.